The summed E-state index contributed by atoms with van der Waals surface area (Å²) in [7, 11) is 0. The number of hydrogen-bond donors (Lipinski definition) is 1. The number of hydrogen-bond acceptors (Lipinski definition) is 2. The van der Waals surface area contributed by atoms with Gasteiger partial charge in [0, 0.05) is 18.2 Å². The molecule has 0 atom stereocenters. The number of alkyl halides is 2. The Kier molecular flexibility index (Phi) is 4.62. The lowest BCUT2D eigenvalue weighted by Crippen LogP contribution is -2.00. The summed E-state index contributed by atoms with van der Waals surface area (Å²) in [6.07, 6.45) is -0.774. The highest BCUT2D eigenvalue weighted by Crippen LogP contribution is 2.27. The predicted octanol–water partition coefficient (Wildman–Crippen LogP) is 4.01. The molecule has 1 aromatic heterocycles. The van der Waals surface area contributed by atoms with Crippen molar-refractivity contribution in [3.63, 3.8) is 0 Å². The molecule has 0 radical (unpaired) electrons. The number of carboxylic acid groups (broad SMARTS) is 1. The topological polar surface area (TPSA) is 50.2 Å². The van der Waals surface area contributed by atoms with E-state index in [1.165, 1.54) is 12.3 Å². The van der Waals surface area contributed by atoms with Gasteiger partial charge in [-0.1, -0.05) is 29.8 Å². The summed E-state index contributed by atoms with van der Waals surface area (Å²) in [5.74, 6) is -0.868. The highest BCUT2D eigenvalue weighted by atomic mass is 19.3. The van der Waals surface area contributed by atoms with Crippen LogP contribution in [-0.2, 0) is 11.2 Å². The molecule has 0 aliphatic carbocycles. The highest BCUT2D eigenvalue weighted by molar-refractivity contribution is 5.70. The SMILES string of the molecule is Cc1ccc(CCC(=O)O)c(-c2ccc(C(F)F)nc2)c1. The number of carbonyl (C=O) groups is 1. The van der Waals surface area contributed by atoms with Crippen molar-refractivity contribution < 1.29 is 18.7 Å². The number of nitrogens with zero attached hydrogens (tertiary/aromatic N) is 1. The Morgan fingerprint density at radius 2 is 2.05 bits per heavy atom. The van der Waals surface area contributed by atoms with Gasteiger partial charge in [-0.15, -0.1) is 0 Å². The summed E-state index contributed by atoms with van der Waals surface area (Å²) in [5, 5.41) is 8.79. The van der Waals surface area contributed by atoms with Crippen molar-refractivity contribution in [2.75, 3.05) is 0 Å². The van der Waals surface area contributed by atoms with Crippen molar-refractivity contribution in [3.05, 3.63) is 53.3 Å². The molecular weight excluding hydrogens is 276 g/mol. The molecule has 0 bridgehead atoms. The average Bonchev–Trinajstić information content (AvgIpc) is 2.46. The first-order valence-electron chi connectivity index (χ1n) is 6.53. The molecule has 2 rings (SSSR count). The summed E-state index contributed by atoms with van der Waals surface area (Å²) >= 11 is 0. The third-order valence-corrected chi connectivity index (χ3v) is 3.19. The third kappa shape index (κ3) is 3.84. The molecule has 0 spiro atoms. The van der Waals surface area contributed by atoms with E-state index in [4.69, 9.17) is 5.11 Å². The van der Waals surface area contributed by atoms with Crippen LogP contribution in [0.5, 0.6) is 0 Å². The molecule has 0 amide bonds. The van der Waals surface area contributed by atoms with Gasteiger partial charge in [0.1, 0.15) is 5.69 Å². The molecule has 0 saturated heterocycles. The monoisotopic (exact) mass is 291 g/mol. The predicted molar refractivity (Wildman–Crippen MR) is 75.3 cm³/mol. The van der Waals surface area contributed by atoms with Gasteiger partial charge in [0.2, 0.25) is 0 Å². The minimum Gasteiger partial charge on any atom is -0.481 e. The van der Waals surface area contributed by atoms with Crippen molar-refractivity contribution in [2.45, 2.75) is 26.2 Å². The van der Waals surface area contributed by atoms with Crippen molar-refractivity contribution in [3.8, 4) is 11.1 Å². The van der Waals surface area contributed by atoms with Crippen LogP contribution in [0.4, 0.5) is 8.78 Å². The average molecular weight is 291 g/mol. The van der Waals surface area contributed by atoms with Crippen LogP contribution in [0.3, 0.4) is 0 Å². The van der Waals surface area contributed by atoms with E-state index in [1.54, 1.807) is 6.07 Å². The highest BCUT2D eigenvalue weighted by Gasteiger charge is 2.11. The van der Waals surface area contributed by atoms with Crippen molar-refractivity contribution in [2.24, 2.45) is 0 Å². The Labute approximate surface area is 121 Å². The summed E-state index contributed by atoms with van der Waals surface area (Å²) in [6.45, 7) is 1.92. The zero-order valence-corrected chi connectivity index (χ0v) is 11.5. The van der Waals surface area contributed by atoms with Crippen LogP contribution in [0.2, 0.25) is 0 Å². The van der Waals surface area contributed by atoms with Crippen LogP contribution >= 0.6 is 0 Å². The quantitative estimate of drug-likeness (QED) is 0.905. The fourth-order valence-electron chi connectivity index (χ4n) is 2.11. The van der Waals surface area contributed by atoms with Crippen LogP contribution in [0.25, 0.3) is 11.1 Å². The van der Waals surface area contributed by atoms with E-state index < -0.39 is 12.4 Å². The first kappa shape index (κ1) is 15.1. The van der Waals surface area contributed by atoms with Crippen molar-refractivity contribution in [1.82, 2.24) is 4.98 Å². The fraction of sp³-hybridized carbons (Fsp3) is 0.250. The Hall–Kier alpha value is -2.30. The summed E-state index contributed by atoms with van der Waals surface area (Å²) in [5.41, 5.74) is 3.17. The molecule has 21 heavy (non-hydrogen) atoms. The number of aryl methyl sites for hydroxylation is 2. The normalized spacial score (nSPS) is 10.9. The largest absolute Gasteiger partial charge is 0.481 e. The van der Waals surface area contributed by atoms with Gasteiger partial charge in [0.15, 0.2) is 0 Å². The number of carboxylic acids is 1. The second-order valence-corrected chi connectivity index (χ2v) is 4.83. The fourth-order valence-corrected chi connectivity index (χ4v) is 2.11. The molecule has 1 aromatic carbocycles. The van der Waals surface area contributed by atoms with E-state index in [2.05, 4.69) is 4.98 Å². The van der Waals surface area contributed by atoms with Gasteiger partial charge in [-0.3, -0.25) is 9.78 Å². The number of benzene rings is 1. The second-order valence-electron chi connectivity index (χ2n) is 4.83. The van der Waals surface area contributed by atoms with Crippen LogP contribution in [0, 0.1) is 6.92 Å². The molecular formula is C16H15F2NO2. The minimum absolute atomic E-state index is 0.0264. The van der Waals surface area contributed by atoms with Gasteiger partial charge >= 0.3 is 5.97 Å². The van der Waals surface area contributed by atoms with Gasteiger partial charge in [0.05, 0.1) is 0 Å². The van der Waals surface area contributed by atoms with Crippen LogP contribution < -0.4 is 0 Å². The maximum atomic E-state index is 12.5. The van der Waals surface area contributed by atoms with Gasteiger partial charge in [-0.05, 0) is 30.5 Å². The molecule has 110 valence electrons. The number of halogens is 2. The minimum atomic E-state index is -2.59. The Morgan fingerprint density at radius 3 is 2.62 bits per heavy atom. The lowest BCUT2D eigenvalue weighted by Gasteiger charge is -2.10. The van der Waals surface area contributed by atoms with E-state index in [0.29, 0.717) is 12.0 Å². The first-order valence-corrected chi connectivity index (χ1v) is 6.53. The lowest BCUT2D eigenvalue weighted by molar-refractivity contribution is -0.136. The summed E-state index contributed by atoms with van der Waals surface area (Å²) in [4.78, 5) is 14.5. The standard InChI is InChI=1S/C16H15F2NO2/c1-10-2-3-11(5-7-15(20)21)13(8-10)12-4-6-14(16(17)18)19-9-12/h2-4,6,8-9,16H,5,7H2,1H3,(H,20,21). The smallest absolute Gasteiger partial charge is 0.303 e. The molecule has 1 N–H and O–H groups in total. The molecule has 5 heteroatoms. The third-order valence-electron chi connectivity index (χ3n) is 3.19. The molecule has 0 saturated carbocycles. The van der Waals surface area contributed by atoms with Gasteiger partial charge in [0.25, 0.3) is 6.43 Å². The lowest BCUT2D eigenvalue weighted by atomic mass is 9.95. The van der Waals surface area contributed by atoms with Gasteiger partial charge < -0.3 is 5.11 Å². The van der Waals surface area contributed by atoms with Crippen LogP contribution in [-0.4, -0.2) is 16.1 Å². The Balaban J connectivity index is 2.36. The zero-order valence-electron chi connectivity index (χ0n) is 11.5. The van der Waals surface area contributed by atoms with Crippen molar-refractivity contribution >= 4 is 5.97 Å². The van der Waals surface area contributed by atoms with E-state index in [1.807, 2.05) is 25.1 Å². The summed E-state index contributed by atoms with van der Waals surface area (Å²) in [6, 6.07) is 8.57. The second kappa shape index (κ2) is 6.43. The maximum absolute atomic E-state index is 12.5. The number of pyridine rings is 1. The van der Waals surface area contributed by atoms with Crippen LogP contribution in [0.15, 0.2) is 36.5 Å². The molecule has 3 nitrogen and oxygen atoms in total. The Morgan fingerprint density at radius 1 is 1.29 bits per heavy atom. The zero-order chi connectivity index (χ0) is 15.4. The number of aromatic nitrogens is 1. The molecule has 0 unspecified atom stereocenters. The molecule has 0 aliphatic heterocycles. The number of rotatable bonds is 5. The first-order chi connectivity index (χ1) is 9.97. The van der Waals surface area contributed by atoms with Crippen LogP contribution in [0.1, 0.15) is 29.7 Å². The van der Waals surface area contributed by atoms with E-state index in [0.717, 1.165) is 16.7 Å². The van der Waals surface area contributed by atoms with Gasteiger partial charge in [-0.25, -0.2) is 8.78 Å². The molecule has 0 aliphatic rings. The van der Waals surface area contributed by atoms with Gasteiger partial charge in [-0.2, -0.15) is 0 Å². The number of aliphatic carboxylic acids is 1. The van der Waals surface area contributed by atoms with E-state index >= 15 is 0 Å². The molecule has 2 aromatic rings. The molecule has 1 heterocycles. The van der Waals surface area contributed by atoms with E-state index in [9.17, 15) is 13.6 Å². The van der Waals surface area contributed by atoms with Crippen molar-refractivity contribution in [1.29, 1.82) is 0 Å². The maximum Gasteiger partial charge on any atom is 0.303 e. The summed E-state index contributed by atoms with van der Waals surface area (Å²) < 4.78 is 25.1. The molecule has 0 fully saturated rings. The van der Waals surface area contributed by atoms with E-state index in [-0.39, 0.29) is 12.1 Å². The Bertz CT molecular complexity index is 639.